The van der Waals surface area contributed by atoms with Gasteiger partial charge in [-0.2, -0.15) is 0 Å². The molecule has 0 aliphatic carbocycles. The minimum atomic E-state index is -0.946. The Balaban J connectivity index is 1.90. The lowest BCUT2D eigenvalue weighted by atomic mass is 9.84. The molecular weight excluding hydrogens is 456 g/mol. The molecule has 0 unspecified atom stereocenters. The van der Waals surface area contributed by atoms with Gasteiger partial charge in [0.1, 0.15) is 5.54 Å². The number of carbonyl (C=O) groups excluding carboxylic acids is 2. The maximum Gasteiger partial charge on any atom is 0.331 e. The number of nitrogens with zero attached hydrogens (tertiary/aromatic N) is 2. The molecule has 0 spiro atoms. The number of carbonyl (C=O) groups is 2. The first-order valence-corrected chi connectivity index (χ1v) is 11.7. The summed E-state index contributed by atoms with van der Waals surface area (Å²) >= 11 is 3.46. The largest absolute Gasteiger partial charge is 0.467 e. The zero-order valence-corrected chi connectivity index (χ0v) is 19.9. The van der Waals surface area contributed by atoms with Gasteiger partial charge in [-0.1, -0.05) is 59.6 Å². The number of amides is 1. The summed E-state index contributed by atoms with van der Waals surface area (Å²) in [4.78, 5) is 30.6. The predicted octanol–water partition coefficient (Wildman–Crippen LogP) is 5.18. The molecule has 31 heavy (non-hydrogen) atoms. The molecule has 0 bridgehead atoms. The topological polar surface area (TPSA) is 49.9 Å². The van der Waals surface area contributed by atoms with E-state index >= 15 is 0 Å². The first-order chi connectivity index (χ1) is 15.0. The fourth-order valence-electron chi connectivity index (χ4n) is 4.26. The number of unbranched alkanes of at least 4 members (excludes halogenated alkanes) is 1. The van der Waals surface area contributed by atoms with Gasteiger partial charge in [-0.15, -0.1) is 0 Å². The Morgan fingerprint density at radius 1 is 1.06 bits per heavy atom. The number of piperidine rings is 1. The van der Waals surface area contributed by atoms with Crippen LogP contribution in [0.2, 0.25) is 0 Å². The van der Waals surface area contributed by atoms with E-state index in [0.717, 1.165) is 28.6 Å². The molecule has 1 saturated heterocycles. The lowest BCUT2D eigenvalue weighted by molar-refractivity contribution is -0.165. The van der Waals surface area contributed by atoms with E-state index in [0.29, 0.717) is 38.9 Å². The van der Waals surface area contributed by atoms with Gasteiger partial charge in [0.05, 0.1) is 7.11 Å². The zero-order chi connectivity index (χ0) is 22.3. The Labute approximate surface area is 193 Å². The molecule has 0 saturated carbocycles. The number of hydrogen-bond acceptors (Lipinski definition) is 4. The molecule has 1 aliphatic heterocycles. The van der Waals surface area contributed by atoms with Crippen molar-refractivity contribution in [1.82, 2.24) is 4.90 Å². The van der Waals surface area contributed by atoms with Crippen molar-refractivity contribution in [2.24, 2.45) is 0 Å². The number of benzene rings is 2. The second-order valence-electron chi connectivity index (χ2n) is 8.06. The lowest BCUT2D eigenvalue weighted by Gasteiger charge is -2.47. The smallest absolute Gasteiger partial charge is 0.331 e. The molecule has 2 aromatic rings. The van der Waals surface area contributed by atoms with Crippen LogP contribution in [-0.2, 0) is 20.9 Å². The average Bonchev–Trinajstić information content (AvgIpc) is 2.82. The van der Waals surface area contributed by atoms with E-state index < -0.39 is 5.54 Å². The van der Waals surface area contributed by atoms with Crippen molar-refractivity contribution < 1.29 is 14.3 Å². The summed E-state index contributed by atoms with van der Waals surface area (Å²) < 4.78 is 6.25. The van der Waals surface area contributed by atoms with Gasteiger partial charge in [0.25, 0.3) is 0 Å². The van der Waals surface area contributed by atoms with E-state index in [4.69, 9.17) is 4.74 Å². The summed E-state index contributed by atoms with van der Waals surface area (Å²) in [5.74, 6) is -0.300. The normalized spacial score (nSPS) is 15.4. The highest BCUT2D eigenvalue weighted by molar-refractivity contribution is 9.10. The average molecular weight is 487 g/mol. The molecule has 0 aromatic heterocycles. The molecule has 0 atom stereocenters. The molecule has 3 rings (SSSR count). The van der Waals surface area contributed by atoms with E-state index in [-0.39, 0.29) is 11.9 Å². The van der Waals surface area contributed by atoms with Crippen molar-refractivity contribution in [1.29, 1.82) is 0 Å². The van der Waals surface area contributed by atoms with E-state index in [1.165, 1.54) is 7.11 Å². The Morgan fingerprint density at radius 2 is 1.71 bits per heavy atom. The number of anilines is 1. The molecule has 2 aromatic carbocycles. The number of rotatable bonds is 8. The highest BCUT2D eigenvalue weighted by Gasteiger charge is 2.49. The van der Waals surface area contributed by atoms with Gasteiger partial charge in [0.15, 0.2) is 0 Å². The van der Waals surface area contributed by atoms with Gasteiger partial charge in [0, 0.05) is 36.2 Å². The summed E-state index contributed by atoms with van der Waals surface area (Å²) in [6.45, 7) is 3.85. The van der Waals surface area contributed by atoms with Crippen molar-refractivity contribution in [3.8, 4) is 0 Å². The lowest BCUT2D eigenvalue weighted by Crippen LogP contribution is -2.62. The summed E-state index contributed by atoms with van der Waals surface area (Å²) in [6.07, 6.45) is 3.27. The summed E-state index contributed by atoms with van der Waals surface area (Å²) in [7, 11) is 1.42. The van der Waals surface area contributed by atoms with Crippen molar-refractivity contribution in [2.75, 3.05) is 25.1 Å². The fourth-order valence-corrected chi connectivity index (χ4v) is 4.53. The van der Waals surface area contributed by atoms with Gasteiger partial charge in [0.2, 0.25) is 5.91 Å². The molecule has 1 aliphatic rings. The fraction of sp³-hybridized carbons (Fsp3) is 0.440. The molecule has 1 heterocycles. The highest BCUT2D eigenvalue weighted by atomic mass is 79.9. The third-order valence-electron chi connectivity index (χ3n) is 6.09. The first kappa shape index (κ1) is 23.3. The predicted molar refractivity (Wildman–Crippen MR) is 127 cm³/mol. The number of halogens is 1. The molecule has 0 N–H and O–H groups in total. The maximum absolute atomic E-state index is 13.3. The van der Waals surface area contributed by atoms with Crippen LogP contribution >= 0.6 is 15.9 Å². The Morgan fingerprint density at radius 3 is 2.29 bits per heavy atom. The van der Waals surface area contributed by atoms with Crippen LogP contribution in [0.5, 0.6) is 0 Å². The third-order valence-corrected chi connectivity index (χ3v) is 6.62. The van der Waals surface area contributed by atoms with Gasteiger partial charge in [-0.3, -0.25) is 4.79 Å². The van der Waals surface area contributed by atoms with Gasteiger partial charge < -0.3 is 14.5 Å². The Bertz CT molecular complexity index is 862. The maximum atomic E-state index is 13.3. The standard InChI is InChI=1S/C25H31BrN2O3/c1-3-4-10-23(29)28(19-20-11-13-21(26)14-12-20)25(24(30)31-2)15-17-27(18-16-25)22-8-6-5-7-9-22/h5-9,11-14H,3-4,10,15-19H2,1-2H3. The number of para-hydroxylation sites is 1. The molecule has 6 heteroatoms. The number of hydrogen-bond donors (Lipinski definition) is 0. The van der Waals surface area contributed by atoms with Crippen LogP contribution in [0.15, 0.2) is 59.1 Å². The first-order valence-electron chi connectivity index (χ1n) is 10.9. The second kappa shape index (κ2) is 10.8. The molecular formula is C25H31BrN2O3. The van der Waals surface area contributed by atoms with Crippen molar-refractivity contribution in [2.45, 2.75) is 51.1 Å². The molecule has 1 amide bonds. The Kier molecular flexibility index (Phi) is 8.13. The molecule has 1 fully saturated rings. The van der Waals surface area contributed by atoms with Gasteiger partial charge >= 0.3 is 5.97 Å². The van der Waals surface area contributed by atoms with Crippen LogP contribution in [0.3, 0.4) is 0 Å². The Hall–Kier alpha value is -2.34. The van der Waals surface area contributed by atoms with E-state index in [1.807, 2.05) is 42.5 Å². The highest BCUT2D eigenvalue weighted by Crippen LogP contribution is 2.34. The van der Waals surface area contributed by atoms with Crippen LogP contribution in [0.4, 0.5) is 5.69 Å². The number of ether oxygens (including phenoxy) is 1. The molecule has 166 valence electrons. The number of esters is 1. The minimum Gasteiger partial charge on any atom is -0.467 e. The van der Waals surface area contributed by atoms with Crippen LogP contribution in [-0.4, -0.2) is 42.5 Å². The molecule has 0 radical (unpaired) electrons. The van der Waals surface area contributed by atoms with Crippen molar-refractivity contribution in [3.05, 3.63) is 64.6 Å². The quantitative estimate of drug-likeness (QED) is 0.482. The minimum absolute atomic E-state index is 0.0170. The van der Waals surface area contributed by atoms with Gasteiger partial charge in [-0.05, 0) is 49.1 Å². The monoisotopic (exact) mass is 486 g/mol. The summed E-state index contributed by atoms with van der Waals surface area (Å²) in [6, 6.07) is 18.1. The van der Waals surface area contributed by atoms with Gasteiger partial charge in [-0.25, -0.2) is 4.79 Å². The number of methoxy groups -OCH3 is 1. The van der Waals surface area contributed by atoms with E-state index in [2.05, 4.69) is 39.9 Å². The summed E-state index contributed by atoms with van der Waals surface area (Å²) in [5.41, 5.74) is 1.19. The van der Waals surface area contributed by atoms with Crippen LogP contribution in [0.25, 0.3) is 0 Å². The van der Waals surface area contributed by atoms with Crippen LogP contribution < -0.4 is 4.90 Å². The van der Waals surface area contributed by atoms with Crippen molar-refractivity contribution in [3.63, 3.8) is 0 Å². The van der Waals surface area contributed by atoms with Crippen LogP contribution in [0, 0.1) is 0 Å². The second-order valence-corrected chi connectivity index (χ2v) is 8.97. The SMILES string of the molecule is CCCCC(=O)N(Cc1ccc(Br)cc1)C1(C(=O)OC)CCN(c2ccccc2)CC1. The summed E-state index contributed by atoms with van der Waals surface area (Å²) in [5, 5.41) is 0. The van der Waals surface area contributed by atoms with Crippen molar-refractivity contribution >= 4 is 33.5 Å². The third kappa shape index (κ3) is 5.48. The van der Waals surface area contributed by atoms with E-state index in [9.17, 15) is 9.59 Å². The molecule has 5 nitrogen and oxygen atoms in total. The van der Waals surface area contributed by atoms with E-state index in [1.54, 1.807) is 4.90 Å². The zero-order valence-electron chi connectivity index (χ0n) is 18.4. The van der Waals surface area contributed by atoms with Crippen LogP contribution in [0.1, 0.15) is 44.6 Å².